The lowest BCUT2D eigenvalue weighted by atomic mass is 10.0. The van der Waals surface area contributed by atoms with E-state index in [1.807, 2.05) is 24.3 Å². The number of unbranched alkanes of at least 4 members (excludes halogenated alkanes) is 1. The first kappa shape index (κ1) is 50.2. The van der Waals surface area contributed by atoms with Crippen LogP contribution in [0.25, 0.3) is 10.6 Å². The van der Waals surface area contributed by atoms with Crippen LogP contribution in [0.3, 0.4) is 0 Å². The lowest BCUT2D eigenvalue weighted by molar-refractivity contribution is -0.130. The van der Waals surface area contributed by atoms with Crippen molar-refractivity contribution >= 4 is 52.3 Å². The number of hydrogen-bond acceptors (Lipinski definition) is 19. The second kappa shape index (κ2) is 25.0. The third-order valence-electron chi connectivity index (χ3n) is 9.32. The number of guanidine groups is 1. The Morgan fingerprint density at radius 3 is 2.00 bits per heavy atom. The molecule has 2 amide bonds. The quantitative estimate of drug-likeness (QED) is 0.0221. The predicted molar refractivity (Wildman–Crippen MR) is 223 cm³/mol. The number of amides is 2. The van der Waals surface area contributed by atoms with Crippen molar-refractivity contribution in [2.75, 3.05) is 57.4 Å². The average Bonchev–Trinajstić information content (AvgIpc) is 3.71. The normalized spacial score (nSPS) is 16.1. The van der Waals surface area contributed by atoms with Gasteiger partial charge in [0, 0.05) is 55.8 Å². The highest BCUT2D eigenvalue weighted by atomic mass is 35.5. The van der Waals surface area contributed by atoms with Gasteiger partial charge in [0.1, 0.15) is 53.3 Å². The fraction of sp³-hybridized carbons (Fsp3) is 0.541. The topological polar surface area (TPSA) is 380 Å². The number of carbonyl (C=O) groups is 2. The Labute approximate surface area is 354 Å². The van der Waals surface area contributed by atoms with Gasteiger partial charge in [-0.3, -0.25) is 24.8 Å². The second-order valence-corrected chi connectivity index (χ2v) is 15.5. The van der Waals surface area contributed by atoms with E-state index < -0.39 is 81.0 Å². The monoisotopic (exact) mass is 885 g/mol. The van der Waals surface area contributed by atoms with Crippen LogP contribution < -0.4 is 27.8 Å². The molecule has 0 spiro atoms. The molecule has 0 aliphatic rings. The lowest BCUT2D eigenvalue weighted by Gasteiger charge is -2.33. The molecule has 1 aromatic carbocycles. The molecule has 23 heteroatoms. The van der Waals surface area contributed by atoms with Crippen molar-refractivity contribution < 1.29 is 60.7 Å². The van der Waals surface area contributed by atoms with Crippen LogP contribution in [0.5, 0.6) is 0 Å². The summed E-state index contributed by atoms with van der Waals surface area (Å²) in [5.74, 6) is -1.08. The molecule has 60 heavy (non-hydrogen) atoms. The number of nitrogens with one attached hydrogen (secondary N) is 2. The predicted octanol–water partition coefficient (Wildman–Crippen LogP) is -3.69. The maximum atomic E-state index is 12.7. The van der Waals surface area contributed by atoms with Gasteiger partial charge >= 0.3 is 0 Å². The van der Waals surface area contributed by atoms with Crippen molar-refractivity contribution in [2.24, 2.45) is 10.7 Å². The molecule has 0 saturated heterocycles. The summed E-state index contributed by atoms with van der Waals surface area (Å²) in [6.45, 7) is -2.39. The minimum absolute atomic E-state index is 0.00896. The molecule has 334 valence electrons. The number of nitrogens with zero attached hydrogens (tertiary/aromatic N) is 4. The minimum atomic E-state index is -1.93. The van der Waals surface area contributed by atoms with Crippen LogP contribution in [0.1, 0.15) is 40.1 Å². The average molecular weight is 886 g/mol. The number of pyridine rings is 1. The number of halogens is 1. The van der Waals surface area contributed by atoms with Gasteiger partial charge in [0.25, 0.3) is 5.91 Å². The van der Waals surface area contributed by atoms with Crippen LogP contribution in [0.4, 0.5) is 11.6 Å². The smallest absolute Gasteiger partial charge is 0.261 e. The summed E-state index contributed by atoms with van der Waals surface area (Å²) in [6.07, 6.45) is -10.2. The first-order valence-electron chi connectivity index (χ1n) is 19.0. The van der Waals surface area contributed by atoms with Crippen LogP contribution in [0.15, 0.2) is 41.5 Å². The molecule has 3 aromatic rings. The van der Waals surface area contributed by atoms with Crippen molar-refractivity contribution in [3.8, 4) is 10.6 Å². The maximum Gasteiger partial charge on any atom is 0.261 e. The van der Waals surface area contributed by atoms with Crippen LogP contribution in [0, 0.1) is 0 Å². The molecule has 3 rings (SSSR count). The number of aliphatic imine (C=N–C) groups is 1. The zero-order valence-electron chi connectivity index (χ0n) is 32.7. The lowest BCUT2D eigenvalue weighted by Crippen LogP contribution is -2.54. The number of aromatic nitrogens is 2. The number of aryl methyl sites for hydroxylation is 2. The van der Waals surface area contributed by atoms with E-state index in [1.54, 1.807) is 6.20 Å². The van der Waals surface area contributed by atoms with Gasteiger partial charge < -0.3 is 73.6 Å². The molecular formula is C37H56ClN9O12S. The zero-order chi connectivity index (χ0) is 44.5. The summed E-state index contributed by atoms with van der Waals surface area (Å²) >= 11 is 7.36. The van der Waals surface area contributed by atoms with Gasteiger partial charge in [-0.2, -0.15) is 0 Å². The van der Waals surface area contributed by atoms with Gasteiger partial charge in [-0.25, -0.2) is 9.97 Å². The Morgan fingerprint density at radius 2 is 1.42 bits per heavy atom. The molecule has 2 aromatic heterocycles. The van der Waals surface area contributed by atoms with E-state index in [1.165, 1.54) is 22.3 Å². The summed E-state index contributed by atoms with van der Waals surface area (Å²) in [7, 11) is 0. The number of anilines is 2. The van der Waals surface area contributed by atoms with E-state index >= 15 is 0 Å². The number of hydrogen-bond donors (Lipinski definition) is 15. The van der Waals surface area contributed by atoms with Gasteiger partial charge in [-0.1, -0.05) is 35.9 Å². The Hall–Kier alpha value is -4.14. The number of rotatable bonds is 25. The van der Waals surface area contributed by atoms with Gasteiger partial charge in [-0.15, -0.1) is 11.3 Å². The van der Waals surface area contributed by atoms with Crippen LogP contribution in [-0.4, -0.2) is 178 Å². The molecule has 0 unspecified atom stereocenters. The van der Waals surface area contributed by atoms with Gasteiger partial charge in [0.15, 0.2) is 5.96 Å². The highest BCUT2D eigenvalue weighted by Gasteiger charge is 2.34. The number of thiazole rings is 1. The van der Waals surface area contributed by atoms with Crippen LogP contribution in [-0.2, 0) is 17.6 Å². The van der Waals surface area contributed by atoms with E-state index in [0.29, 0.717) is 19.4 Å². The van der Waals surface area contributed by atoms with E-state index in [2.05, 4.69) is 25.6 Å². The third kappa shape index (κ3) is 15.7. The number of nitrogen functional groups attached to an aromatic ring is 2. The maximum absolute atomic E-state index is 12.7. The van der Waals surface area contributed by atoms with Crippen molar-refractivity contribution in [2.45, 2.75) is 80.9 Å². The fourth-order valence-electron chi connectivity index (χ4n) is 5.74. The van der Waals surface area contributed by atoms with E-state index in [4.69, 9.17) is 39.0 Å². The summed E-state index contributed by atoms with van der Waals surface area (Å²) in [5, 5.41) is 105. The van der Waals surface area contributed by atoms with Crippen molar-refractivity contribution in [3.05, 3.63) is 57.6 Å². The molecule has 18 N–H and O–H groups in total. The fourth-order valence-corrected chi connectivity index (χ4v) is 6.81. The molecule has 21 nitrogen and oxygen atoms in total. The molecule has 2 heterocycles. The minimum Gasteiger partial charge on any atom is -0.394 e. The first-order chi connectivity index (χ1) is 28.4. The van der Waals surface area contributed by atoms with E-state index in [-0.39, 0.29) is 53.6 Å². The number of nitrogens with two attached hydrogens (primary N) is 3. The molecule has 0 radical (unpaired) electrons. The summed E-state index contributed by atoms with van der Waals surface area (Å²) in [5.41, 5.74) is 19.2. The Morgan fingerprint density at radius 1 is 0.833 bits per heavy atom. The molecule has 0 saturated carbocycles. The largest absolute Gasteiger partial charge is 0.394 e. The molecule has 0 fully saturated rings. The summed E-state index contributed by atoms with van der Waals surface area (Å²) < 4.78 is 0. The third-order valence-corrected chi connectivity index (χ3v) is 10.7. The van der Waals surface area contributed by atoms with E-state index in [0.717, 1.165) is 33.9 Å². The second-order valence-electron chi connectivity index (χ2n) is 14.0. The highest BCUT2D eigenvalue weighted by Crippen LogP contribution is 2.27. The molecule has 8 atom stereocenters. The van der Waals surface area contributed by atoms with Crippen molar-refractivity contribution in [1.29, 1.82) is 0 Å². The van der Waals surface area contributed by atoms with Crippen LogP contribution in [0.2, 0.25) is 5.02 Å². The summed E-state index contributed by atoms with van der Waals surface area (Å²) in [4.78, 5) is 39.8. The number of carbonyl (C=O) groups excluding carboxylic acids is 2. The van der Waals surface area contributed by atoms with Gasteiger partial charge in [0.2, 0.25) is 5.91 Å². The van der Waals surface area contributed by atoms with E-state index in [9.17, 15) is 50.4 Å². The number of benzene rings is 1. The van der Waals surface area contributed by atoms with Crippen molar-refractivity contribution in [3.63, 3.8) is 0 Å². The Balaban J connectivity index is 1.44. The number of aliphatic hydroxyl groups is 10. The number of aliphatic hydroxyl groups excluding tert-OH is 10. The molecule has 0 aliphatic heterocycles. The molecule has 0 bridgehead atoms. The SMILES string of the molecule is NC(=NCCCCc1ccc(-c2ncc(CCC(=O)NCCN(C[C@H](O)[C@@H](O)[C@H](O)[C@H](O)CO)C[C@H](O)[C@@H](O)[C@H](O)[C@H](O)CO)s2)cc1)NC(=O)c1cc(Cl)c(N)nc1N. The molecule has 0 aliphatic carbocycles. The Bertz CT molecular complexity index is 1800. The zero-order valence-corrected chi connectivity index (χ0v) is 34.2. The van der Waals surface area contributed by atoms with Gasteiger partial charge in [-0.05, 0) is 37.3 Å². The highest BCUT2D eigenvalue weighted by molar-refractivity contribution is 7.15. The van der Waals surface area contributed by atoms with Crippen molar-refractivity contribution in [1.82, 2.24) is 25.5 Å². The molecular weight excluding hydrogens is 830 g/mol. The standard InChI is InChI=1S/C37H56ClN9O12S/c38-23-13-22(33(39)45-34(23)40)35(59)46-37(41)43-10-2-1-3-19-4-6-20(7-5-19)36-44-14-21(60-36)8-9-28(54)42-11-12-47(15-24(50)29(55)31(57)26(52)17-48)16-25(51)30(56)32(58)27(53)18-49/h4-7,13-14,24-27,29-32,48-53,55-58H,1-3,8-12,15-18H2,(H,42,54)(H4,39,40,45)(H3,41,43,46,59)/t24-,25-,26+,27+,29+,30+,31+,32+/m0/s1. The Kier molecular flexibility index (Phi) is 20.9. The van der Waals surface area contributed by atoms with Crippen LogP contribution >= 0.6 is 22.9 Å². The van der Waals surface area contributed by atoms with Gasteiger partial charge in [0.05, 0.1) is 36.0 Å². The summed E-state index contributed by atoms with van der Waals surface area (Å²) in [6, 6.07) is 9.23. The first-order valence-corrected chi connectivity index (χ1v) is 20.2.